The summed E-state index contributed by atoms with van der Waals surface area (Å²) in [6, 6.07) is 15.7. The molecule has 0 aliphatic carbocycles. The zero-order valence-corrected chi connectivity index (χ0v) is 15.9. The Hall–Kier alpha value is -3.41. The lowest BCUT2D eigenvalue weighted by Gasteiger charge is -2.24. The fraction of sp³-hybridized carbons (Fsp3) is 0.227. The molecule has 142 valence electrons. The van der Waals surface area contributed by atoms with Gasteiger partial charge in [0.15, 0.2) is 0 Å². The monoisotopic (exact) mass is 374 g/mol. The van der Waals surface area contributed by atoms with Crippen LogP contribution in [0.2, 0.25) is 0 Å². The Balaban J connectivity index is 1.47. The number of carbonyl (C=O) groups excluding carboxylic acids is 2. The van der Waals surface area contributed by atoms with Gasteiger partial charge in [0, 0.05) is 17.7 Å². The Morgan fingerprint density at radius 2 is 2.00 bits per heavy atom. The number of fused-ring (bicyclic) bond motifs is 1. The largest absolute Gasteiger partial charge is 0.326 e. The molecule has 0 saturated carbocycles. The molecule has 1 aliphatic rings. The predicted molar refractivity (Wildman–Crippen MR) is 109 cm³/mol. The van der Waals surface area contributed by atoms with E-state index in [1.807, 2.05) is 62.4 Å². The Labute approximate surface area is 163 Å². The van der Waals surface area contributed by atoms with Gasteiger partial charge in [0.05, 0.1) is 18.7 Å². The van der Waals surface area contributed by atoms with Crippen LogP contribution in [0.3, 0.4) is 0 Å². The second-order valence-corrected chi connectivity index (χ2v) is 7.21. The number of nitrogens with zero attached hydrogens (tertiary/aromatic N) is 2. The third-order valence-electron chi connectivity index (χ3n) is 5.02. The van der Waals surface area contributed by atoms with E-state index >= 15 is 0 Å². The summed E-state index contributed by atoms with van der Waals surface area (Å²) >= 11 is 0. The van der Waals surface area contributed by atoms with Gasteiger partial charge in [0.2, 0.25) is 11.8 Å². The molecule has 4 rings (SSSR count). The van der Waals surface area contributed by atoms with Gasteiger partial charge < -0.3 is 10.6 Å². The second kappa shape index (κ2) is 7.31. The molecular weight excluding hydrogens is 352 g/mol. The number of benzene rings is 2. The molecule has 2 aromatic carbocycles. The zero-order chi connectivity index (χ0) is 19.7. The zero-order valence-electron chi connectivity index (χ0n) is 15.9. The van der Waals surface area contributed by atoms with Crippen LogP contribution in [0, 0.1) is 19.8 Å². The number of aromatic nitrogens is 2. The van der Waals surface area contributed by atoms with Crippen molar-refractivity contribution in [1.82, 2.24) is 9.78 Å². The van der Waals surface area contributed by atoms with Crippen LogP contribution in [0.25, 0.3) is 11.1 Å². The third-order valence-corrected chi connectivity index (χ3v) is 5.02. The van der Waals surface area contributed by atoms with Crippen molar-refractivity contribution >= 4 is 23.3 Å². The van der Waals surface area contributed by atoms with E-state index in [0.29, 0.717) is 12.4 Å². The van der Waals surface area contributed by atoms with Gasteiger partial charge in [0.1, 0.15) is 5.82 Å². The summed E-state index contributed by atoms with van der Waals surface area (Å²) in [5.74, 6) is -0.101. The van der Waals surface area contributed by atoms with Gasteiger partial charge in [-0.2, -0.15) is 5.10 Å². The number of carbonyl (C=O) groups is 2. The van der Waals surface area contributed by atoms with E-state index in [1.165, 1.54) is 0 Å². The summed E-state index contributed by atoms with van der Waals surface area (Å²) in [7, 11) is 0. The molecule has 0 saturated heterocycles. The van der Waals surface area contributed by atoms with Crippen LogP contribution in [0.4, 0.5) is 11.5 Å². The van der Waals surface area contributed by atoms with Gasteiger partial charge in [-0.25, -0.2) is 4.68 Å². The molecule has 0 radical (unpaired) electrons. The molecule has 1 aromatic heterocycles. The lowest BCUT2D eigenvalue weighted by atomic mass is 10.0. The quantitative estimate of drug-likeness (QED) is 0.730. The van der Waals surface area contributed by atoms with Crippen molar-refractivity contribution in [3.63, 3.8) is 0 Å². The third kappa shape index (κ3) is 3.53. The van der Waals surface area contributed by atoms with Crippen molar-refractivity contribution in [2.45, 2.75) is 26.8 Å². The molecule has 28 heavy (non-hydrogen) atoms. The summed E-state index contributed by atoms with van der Waals surface area (Å²) in [5, 5.41) is 10.2. The highest BCUT2D eigenvalue weighted by molar-refractivity contribution is 6.00. The number of nitrogens with one attached hydrogen (secondary N) is 2. The van der Waals surface area contributed by atoms with Crippen molar-refractivity contribution in [3.05, 3.63) is 65.9 Å². The SMILES string of the molecule is Cc1ccc(NC(=O)C[C@@H]2Cn3ncc(-c4ccccc4)c3NC2=O)c(C)c1. The average molecular weight is 374 g/mol. The minimum atomic E-state index is -0.457. The fourth-order valence-corrected chi connectivity index (χ4v) is 3.53. The van der Waals surface area contributed by atoms with E-state index < -0.39 is 5.92 Å². The van der Waals surface area contributed by atoms with Gasteiger partial charge in [-0.15, -0.1) is 0 Å². The van der Waals surface area contributed by atoms with E-state index in [4.69, 9.17) is 0 Å². The van der Waals surface area contributed by atoms with E-state index in [2.05, 4.69) is 15.7 Å². The fourth-order valence-electron chi connectivity index (χ4n) is 3.53. The Kier molecular flexibility index (Phi) is 4.69. The number of aryl methyl sites for hydroxylation is 2. The maximum absolute atomic E-state index is 12.6. The Bertz CT molecular complexity index is 1040. The van der Waals surface area contributed by atoms with Gasteiger partial charge >= 0.3 is 0 Å². The molecule has 1 atom stereocenters. The summed E-state index contributed by atoms with van der Waals surface area (Å²) in [5.41, 5.74) is 4.80. The van der Waals surface area contributed by atoms with Gasteiger partial charge in [-0.3, -0.25) is 9.59 Å². The summed E-state index contributed by atoms with van der Waals surface area (Å²) < 4.78 is 1.76. The van der Waals surface area contributed by atoms with Crippen molar-refractivity contribution in [2.24, 2.45) is 5.92 Å². The number of anilines is 2. The molecule has 2 N–H and O–H groups in total. The van der Waals surface area contributed by atoms with E-state index in [-0.39, 0.29) is 18.2 Å². The van der Waals surface area contributed by atoms with Crippen LogP contribution in [0.15, 0.2) is 54.7 Å². The van der Waals surface area contributed by atoms with Crippen LogP contribution < -0.4 is 10.6 Å². The van der Waals surface area contributed by atoms with Gasteiger partial charge in [0.25, 0.3) is 0 Å². The van der Waals surface area contributed by atoms with Crippen LogP contribution >= 0.6 is 0 Å². The average Bonchev–Trinajstić information content (AvgIpc) is 3.07. The summed E-state index contributed by atoms with van der Waals surface area (Å²) in [6.07, 6.45) is 1.86. The van der Waals surface area contributed by atoms with E-state index in [9.17, 15) is 9.59 Å². The highest BCUT2D eigenvalue weighted by Gasteiger charge is 2.30. The van der Waals surface area contributed by atoms with Crippen LogP contribution in [-0.4, -0.2) is 21.6 Å². The van der Waals surface area contributed by atoms with Crippen molar-refractivity contribution in [2.75, 3.05) is 10.6 Å². The first kappa shape index (κ1) is 18.0. The first-order valence-corrected chi connectivity index (χ1v) is 9.30. The topological polar surface area (TPSA) is 76.0 Å². The van der Waals surface area contributed by atoms with E-state index in [1.54, 1.807) is 10.9 Å². The first-order valence-electron chi connectivity index (χ1n) is 9.30. The second-order valence-electron chi connectivity index (χ2n) is 7.21. The molecule has 6 nitrogen and oxygen atoms in total. The van der Waals surface area contributed by atoms with Gasteiger partial charge in [-0.1, -0.05) is 48.0 Å². The smallest absolute Gasteiger partial charge is 0.231 e. The standard InChI is InChI=1S/C22H22N4O2/c1-14-8-9-19(15(2)10-14)24-20(27)11-17-13-26-21(25-22(17)28)18(12-23-26)16-6-4-3-5-7-16/h3-10,12,17H,11,13H2,1-2H3,(H,24,27)(H,25,28)/t17-/m1/s1. The Morgan fingerprint density at radius 3 is 2.75 bits per heavy atom. The maximum atomic E-state index is 12.6. The van der Waals surface area contributed by atoms with Crippen LogP contribution in [-0.2, 0) is 16.1 Å². The number of rotatable bonds is 4. The molecule has 6 heteroatoms. The molecule has 2 heterocycles. The lowest BCUT2D eigenvalue weighted by Crippen LogP contribution is -2.36. The molecule has 0 fully saturated rings. The Morgan fingerprint density at radius 1 is 1.21 bits per heavy atom. The minimum Gasteiger partial charge on any atom is -0.326 e. The summed E-state index contributed by atoms with van der Waals surface area (Å²) in [4.78, 5) is 25.1. The molecular formula is C22H22N4O2. The van der Waals surface area contributed by atoms with Gasteiger partial charge in [-0.05, 0) is 31.0 Å². The normalized spacial score (nSPS) is 15.6. The van der Waals surface area contributed by atoms with Crippen molar-refractivity contribution < 1.29 is 9.59 Å². The molecule has 0 bridgehead atoms. The van der Waals surface area contributed by atoms with Crippen LogP contribution in [0.1, 0.15) is 17.5 Å². The highest BCUT2D eigenvalue weighted by Crippen LogP contribution is 2.32. The molecule has 2 amide bonds. The number of hydrogen-bond acceptors (Lipinski definition) is 3. The predicted octanol–water partition coefficient (Wildman–Crippen LogP) is 3.76. The molecule has 1 aliphatic heterocycles. The first-order chi connectivity index (χ1) is 13.5. The molecule has 0 unspecified atom stereocenters. The minimum absolute atomic E-state index is 0.110. The van der Waals surface area contributed by atoms with Crippen molar-refractivity contribution in [3.8, 4) is 11.1 Å². The van der Waals surface area contributed by atoms with E-state index in [0.717, 1.165) is 27.9 Å². The number of amides is 2. The highest BCUT2D eigenvalue weighted by atomic mass is 16.2. The number of hydrogen-bond donors (Lipinski definition) is 2. The lowest BCUT2D eigenvalue weighted by molar-refractivity contribution is -0.125. The molecule has 3 aromatic rings. The summed E-state index contributed by atoms with van der Waals surface area (Å²) in [6.45, 7) is 4.35. The maximum Gasteiger partial charge on any atom is 0.231 e. The molecule has 0 spiro atoms. The van der Waals surface area contributed by atoms with Crippen LogP contribution in [0.5, 0.6) is 0 Å². The van der Waals surface area contributed by atoms with Crippen molar-refractivity contribution in [1.29, 1.82) is 0 Å².